The lowest BCUT2D eigenvalue weighted by Crippen LogP contribution is -2.07. The number of ether oxygens (including phenoxy) is 3. The maximum absolute atomic E-state index is 10.3. The van der Waals surface area contributed by atoms with E-state index in [0.29, 0.717) is 13.2 Å². The van der Waals surface area contributed by atoms with E-state index in [4.69, 9.17) is 0 Å². The Morgan fingerprint density at radius 3 is 1.94 bits per heavy atom. The third kappa shape index (κ3) is 17.0. The van der Waals surface area contributed by atoms with Crippen LogP contribution in [0.1, 0.15) is 13.8 Å². The quantitative estimate of drug-likeness (QED) is 0.402. The van der Waals surface area contributed by atoms with E-state index < -0.39 is 5.97 Å². The zero-order valence-corrected chi connectivity index (χ0v) is 10.6. The first-order valence-electron chi connectivity index (χ1n) is 5.09. The smallest absolute Gasteiger partial charge is 0.330 e. The fourth-order valence-electron chi connectivity index (χ4n) is 0.565. The van der Waals surface area contributed by atoms with Gasteiger partial charge in [0.15, 0.2) is 0 Å². The summed E-state index contributed by atoms with van der Waals surface area (Å²) in [4.78, 5) is 20.6. The molecule has 0 unspecified atom stereocenters. The normalized spacial score (nSPS) is 8.71. The standard InChI is InChI=1S/C6H10O3.C6H10O2/c1-3-6(7)9-5-4-8-2;1-4-6(7)8-5(2)3/h3H,1,4-5H2,2H3;4-5H,1H2,2-3H3. The zero-order chi connectivity index (χ0) is 13.7. The molecule has 98 valence electrons. The Balaban J connectivity index is 0. The van der Waals surface area contributed by atoms with Crippen LogP contribution >= 0.6 is 0 Å². The largest absolute Gasteiger partial charge is 0.460 e. The summed E-state index contributed by atoms with van der Waals surface area (Å²) in [5, 5.41) is 0. The van der Waals surface area contributed by atoms with Crippen LogP contribution in [-0.4, -0.2) is 38.4 Å². The summed E-state index contributed by atoms with van der Waals surface area (Å²) in [5.41, 5.74) is 0. The first-order chi connectivity index (χ1) is 7.97. The highest BCUT2D eigenvalue weighted by atomic mass is 16.6. The van der Waals surface area contributed by atoms with Crippen LogP contribution in [0, 0.1) is 0 Å². The fraction of sp³-hybridized carbons (Fsp3) is 0.500. The first-order valence-corrected chi connectivity index (χ1v) is 5.09. The van der Waals surface area contributed by atoms with Crippen molar-refractivity contribution in [3.63, 3.8) is 0 Å². The Morgan fingerprint density at radius 2 is 1.65 bits per heavy atom. The van der Waals surface area contributed by atoms with Crippen LogP contribution in [-0.2, 0) is 23.8 Å². The maximum atomic E-state index is 10.3. The second-order valence-corrected chi connectivity index (χ2v) is 3.05. The molecule has 0 amide bonds. The lowest BCUT2D eigenvalue weighted by molar-refractivity contribution is -0.141. The van der Waals surface area contributed by atoms with Crippen LogP contribution in [0.2, 0.25) is 0 Å². The molecule has 0 spiro atoms. The van der Waals surface area contributed by atoms with Crippen LogP contribution in [0.3, 0.4) is 0 Å². The minimum atomic E-state index is -0.410. The van der Waals surface area contributed by atoms with Gasteiger partial charge in [-0.3, -0.25) is 0 Å². The molecule has 5 heteroatoms. The van der Waals surface area contributed by atoms with Gasteiger partial charge in [-0.15, -0.1) is 0 Å². The van der Waals surface area contributed by atoms with E-state index in [1.165, 1.54) is 0 Å². The molecule has 0 heterocycles. The Hall–Kier alpha value is -1.62. The average Bonchev–Trinajstić information content (AvgIpc) is 2.29. The molecule has 0 aliphatic carbocycles. The van der Waals surface area contributed by atoms with Crippen LogP contribution in [0.5, 0.6) is 0 Å². The Bertz CT molecular complexity index is 245. The predicted molar refractivity (Wildman–Crippen MR) is 64.5 cm³/mol. The summed E-state index contributed by atoms with van der Waals surface area (Å²) in [5.74, 6) is -0.771. The molecule has 0 fully saturated rings. The Kier molecular flexibility index (Phi) is 13.0. The van der Waals surface area contributed by atoms with Gasteiger partial charge in [-0.05, 0) is 13.8 Å². The fourth-order valence-corrected chi connectivity index (χ4v) is 0.565. The number of hydrogen-bond acceptors (Lipinski definition) is 5. The molecule has 0 aromatic rings. The van der Waals surface area contributed by atoms with Crippen molar-refractivity contribution in [1.29, 1.82) is 0 Å². The van der Waals surface area contributed by atoms with Crippen LogP contribution in [0.15, 0.2) is 25.3 Å². The molecule has 0 aliphatic rings. The van der Waals surface area contributed by atoms with Crippen molar-refractivity contribution in [3.05, 3.63) is 25.3 Å². The molecular weight excluding hydrogens is 224 g/mol. The van der Waals surface area contributed by atoms with Crippen molar-refractivity contribution < 1.29 is 23.8 Å². The van der Waals surface area contributed by atoms with Gasteiger partial charge in [0.25, 0.3) is 0 Å². The van der Waals surface area contributed by atoms with Gasteiger partial charge >= 0.3 is 11.9 Å². The number of methoxy groups -OCH3 is 1. The highest BCUT2D eigenvalue weighted by Crippen LogP contribution is 1.87. The molecule has 0 radical (unpaired) electrons. The molecular formula is C12H20O5. The molecule has 0 atom stereocenters. The van der Waals surface area contributed by atoms with Gasteiger partial charge in [-0.25, -0.2) is 9.59 Å². The summed E-state index contributed by atoms with van der Waals surface area (Å²) in [6, 6.07) is 0. The highest BCUT2D eigenvalue weighted by molar-refractivity contribution is 5.81. The molecule has 0 bridgehead atoms. The van der Waals surface area contributed by atoms with E-state index in [1.807, 2.05) is 0 Å². The monoisotopic (exact) mass is 244 g/mol. The van der Waals surface area contributed by atoms with Gasteiger partial charge in [-0.2, -0.15) is 0 Å². The van der Waals surface area contributed by atoms with Gasteiger partial charge in [0.05, 0.1) is 12.7 Å². The molecule has 0 saturated heterocycles. The van der Waals surface area contributed by atoms with E-state index in [2.05, 4.69) is 27.4 Å². The minimum Gasteiger partial charge on any atom is -0.460 e. The highest BCUT2D eigenvalue weighted by Gasteiger charge is 1.96. The molecule has 0 aliphatic heterocycles. The molecule has 0 aromatic heterocycles. The van der Waals surface area contributed by atoms with Crippen molar-refractivity contribution >= 4 is 11.9 Å². The Morgan fingerprint density at radius 1 is 1.12 bits per heavy atom. The first kappa shape index (κ1) is 17.8. The van der Waals surface area contributed by atoms with E-state index in [9.17, 15) is 9.59 Å². The van der Waals surface area contributed by atoms with Crippen LogP contribution < -0.4 is 0 Å². The van der Waals surface area contributed by atoms with E-state index in [1.54, 1.807) is 21.0 Å². The minimum absolute atomic E-state index is 0.0412. The van der Waals surface area contributed by atoms with Gasteiger partial charge in [0.1, 0.15) is 6.61 Å². The van der Waals surface area contributed by atoms with Crippen molar-refractivity contribution in [2.45, 2.75) is 20.0 Å². The van der Waals surface area contributed by atoms with Crippen molar-refractivity contribution in [2.75, 3.05) is 20.3 Å². The molecule has 0 N–H and O–H groups in total. The summed E-state index contributed by atoms with van der Waals surface area (Å²) in [6.45, 7) is 10.8. The Labute approximate surface area is 102 Å². The molecule has 17 heavy (non-hydrogen) atoms. The SMILES string of the molecule is C=CC(=O)OC(C)C.C=CC(=O)OCCOC. The van der Waals surface area contributed by atoms with Crippen LogP contribution in [0.4, 0.5) is 0 Å². The second-order valence-electron chi connectivity index (χ2n) is 3.05. The van der Waals surface area contributed by atoms with Gasteiger partial charge in [0, 0.05) is 19.3 Å². The summed E-state index contributed by atoms with van der Waals surface area (Å²) in [7, 11) is 1.54. The van der Waals surface area contributed by atoms with E-state index in [-0.39, 0.29) is 12.1 Å². The van der Waals surface area contributed by atoms with Gasteiger partial charge < -0.3 is 14.2 Å². The number of carbonyl (C=O) groups is 2. The lowest BCUT2D eigenvalue weighted by atomic mass is 10.5. The predicted octanol–water partition coefficient (Wildman–Crippen LogP) is 1.49. The van der Waals surface area contributed by atoms with Crippen molar-refractivity contribution in [3.8, 4) is 0 Å². The van der Waals surface area contributed by atoms with E-state index in [0.717, 1.165) is 12.2 Å². The molecule has 5 nitrogen and oxygen atoms in total. The number of carbonyl (C=O) groups excluding carboxylic acids is 2. The lowest BCUT2D eigenvalue weighted by Gasteiger charge is -2.02. The van der Waals surface area contributed by atoms with Crippen LogP contribution in [0.25, 0.3) is 0 Å². The summed E-state index contributed by atoms with van der Waals surface area (Å²) >= 11 is 0. The maximum Gasteiger partial charge on any atom is 0.330 e. The molecule has 0 rings (SSSR count). The van der Waals surface area contributed by atoms with Crippen molar-refractivity contribution in [2.24, 2.45) is 0 Å². The summed E-state index contributed by atoms with van der Waals surface area (Å²) < 4.78 is 13.8. The number of esters is 2. The topological polar surface area (TPSA) is 61.8 Å². The second kappa shape index (κ2) is 12.4. The number of rotatable bonds is 6. The van der Waals surface area contributed by atoms with E-state index >= 15 is 0 Å². The van der Waals surface area contributed by atoms with Gasteiger partial charge in [0.2, 0.25) is 0 Å². The average molecular weight is 244 g/mol. The molecule has 0 saturated carbocycles. The third-order valence-electron chi connectivity index (χ3n) is 1.22. The number of hydrogen-bond donors (Lipinski definition) is 0. The summed E-state index contributed by atoms with van der Waals surface area (Å²) in [6.07, 6.45) is 2.23. The van der Waals surface area contributed by atoms with Crippen molar-refractivity contribution in [1.82, 2.24) is 0 Å². The zero-order valence-electron chi connectivity index (χ0n) is 10.6. The third-order valence-corrected chi connectivity index (χ3v) is 1.22. The molecule has 0 aromatic carbocycles. The van der Waals surface area contributed by atoms with Gasteiger partial charge in [-0.1, -0.05) is 13.2 Å².